The van der Waals surface area contributed by atoms with E-state index >= 15 is 0 Å². The fraction of sp³-hybridized carbons (Fsp3) is 0.600. The summed E-state index contributed by atoms with van der Waals surface area (Å²) in [6, 6.07) is 0. The highest BCUT2D eigenvalue weighted by Gasteiger charge is 2.37. The molecule has 1 fully saturated rings. The summed E-state index contributed by atoms with van der Waals surface area (Å²) in [6.07, 6.45) is 10.8. The van der Waals surface area contributed by atoms with Crippen LogP contribution < -0.4 is 0 Å². The summed E-state index contributed by atoms with van der Waals surface area (Å²) >= 11 is 0. The van der Waals surface area contributed by atoms with Gasteiger partial charge >= 0.3 is 0 Å². The van der Waals surface area contributed by atoms with Crippen molar-refractivity contribution in [3.63, 3.8) is 0 Å². The molecule has 0 radical (unpaired) electrons. The number of methoxy groups -OCH3 is 2. The van der Waals surface area contributed by atoms with Gasteiger partial charge in [-0.2, -0.15) is 0 Å². The van der Waals surface area contributed by atoms with E-state index in [2.05, 4.69) is 12.2 Å². The van der Waals surface area contributed by atoms with Gasteiger partial charge in [-0.3, -0.25) is 0 Å². The van der Waals surface area contributed by atoms with E-state index in [0.717, 1.165) is 18.1 Å². The van der Waals surface area contributed by atoms with Gasteiger partial charge in [-0.15, -0.1) is 0 Å². The maximum absolute atomic E-state index is 5.65. The Morgan fingerprint density at radius 1 is 1.29 bits per heavy atom. The van der Waals surface area contributed by atoms with Crippen LogP contribution in [0.5, 0.6) is 0 Å². The van der Waals surface area contributed by atoms with Crippen molar-refractivity contribution in [2.75, 3.05) is 14.2 Å². The lowest BCUT2D eigenvalue weighted by atomic mass is 9.84. The number of rotatable bonds is 2. The zero-order valence-corrected chi connectivity index (χ0v) is 10.7. The van der Waals surface area contributed by atoms with E-state index in [9.17, 15) is 0 Å². The summed E-state index contributed by atoms with van der Waals surface area (Å²) in [5, 5.41) is 0. The minimum absolute atomic E-state index is 0.313. The molecule has 1 saturated carbocycles. The molecule has 92 valence electrons. The molecule has 2 heteroatoms. The summed E-state index contributed by atoms with van der Waals surface area (Å²) in [5.41, 5.74) is 4.52. The zero-order chi connectivity index (χ0) is 11.8. The Morgan fingerprint density at radius 3 is 2.94 bits per heavy atom. The van der Waals surface area contributed by atoms with Crippen LogP contribution in [0, 0.1) is 5.92 Å². The van der Waals surface area contributed by atoms with E-state index in [1.807, 2.05) is 7.11 Å². The van der Waals surface area contributed by atoms with Crippen molar-refractivity contribution in [2.24, 2.45) is 5.92 Å². The van der Waals surface area contributed by atoms with Gasteiger partial charge in [-0.05, 0) is 54.4 Å². The molecule has 17 heavy (non-hydrogen) atoms. The Hall–Kier alpha value is -1.02. The Kier molecular flexibility index (Phi) is 2.83. The molecule has 0 aromatic heterocycles. The van der Waals surface area contributed by atoms with Crippen molar-refractivity contribution in [3.05, 3.63) is 34.6 Å². The van der Waals surface area contributed by atoms with Gasteiger partial charge in [0.1, 0.15) is 0 Å². The molecule has 3 aliphatic rings. The molecule has 0 saturated heterocycles. The normalized spacial score (nSPS) is 31.6. The highest BCUT2D eigenvalue weighted by molar-refractivity contribution is 5.51. The van der Waals surface area contributed by atoms with E-state index in [0.29, 0.717) is 6.10 Å². The van der Waals surface area contributed by atoms with Crippen LogP contribution in [0.15, 0.2) is 34.6 Å². The van der Waals surface area contributed by atoms with E-state index in [1.165, 1.54) is 36.8 Å². The van der Waals surface area contributed by atoms with Gasteiger partial charge < -0.3 is 9.47 Å². The predicted octanol–water partition coefficient (Wildman–Crippen LogP) is 3.36. The highest BCUT2D eigenvalue weighted by atomic mass is 16.5. The Labute approximate surface area is 103 Å². The molecule has 0 aromatic rings. The number of hydrogen-bond acceptors (Lipinski definition) is 2. The average molecular weight is 232 g/mol. The second-order valence-corrected chi connectivity index (χ2v) is 5.17. The molecule has 0 N–H and O–H groups in total. The number of hydrogen-bond donors (Lipinski definition) is 0. The minimum atomic E-state index is 0.313. The van der Waals surface area contributed by atoms with Crippen LogP contribution in [-0.4, -0.2) is 20.3 Å². The van der Waals surface area contributed by atoms with Gasteiger partial charge in [0.2, 0.25) is 0 Å². The fourth-order valence-corrected chi connectivity index (χ4v) is 3.52. The summed E-state index contributed by atoms with van der Waals surface area (Å²) in [4.78, 5) is 0. The van der Waals surface area contributed by atoms with Crippen LogP contribution in [0.4, 0.5) is 0 Å². The summed E-state index contributed by atoms with van der Waals surface area (Å²) in [6.45, 7) is 0. The number of allylic oxidation sites excluding steroid dienone is 3. The molecular weight excluding hydrogens is 212 g/mol. The third-order valence-corrected chi connectivity index (χ3v) is 4.31. The van der Waals surface area contributed by atoms with Crippen LogP contribution >= 0.6 is 0 Å². The summed E-state index contributed by atoms with van der Waals surface area (Å²) in [5.74, 6) is 1.81. The SMILES string of the molecule is COC1=CC2=C3C(=CC1)[C@H](OC)C[C@@H]3CCC2. The third-order valence-electron chi connectivity index (χ3n) is 4.31. The van der Waals surface area contributed by atoms with Crippen LogP contribution in [-0.2, 0) is 9.47 Å². The van der Waals surface area contributed by atoms with E-state index in [4.69, 9.17) is 9.47 Å². The zero-order valence-electron chi connectivity index (χ0n) is 10.7. The first-order valence-electron chi connectivity index (χ1n) is 6.54. The monoisotopic (exact) mass is 232 g/mol. The average Bonchev–Trinajstić information content (AvgIpc) is 2.61. The van der Waals surface area contributed by atoms with Crippen molar-refractivity contribution in [3.8, 4) is 0 Å². The molecule has 2 nitrogen and oxygen atoms in total. The first-order valence-corrected chi connectivity index (χ1v) is 6.54. The van der Waals surface area contributed by atoms with Crippen molar-refractivity contribution < 1.29 is 9.47 Å². The van der Waals surface area contributed by atoms with Crippen LogP contribution in [0.25, 0.3) is 0 Å². The van der Waals surface area contributed by atoms with Gasteiger partial charge in [-0.25, -0.2) is 0 Å². The largest absolute Gasteiger partial charge is 0.501 e. The molecule has 0 aliphatic heterocycles. The smallest absolute Gasteiger partial charge is 0.0996 e. The summed E-state index contributed by atoms with van der Waals surface area (Å²) in [7, 11) is 3.60. The first kappa shape index (κ1) is 11.1. The predicted molar refractivity (Wildman–Crippen MR) is 67.6 cm³/mol. The topological polar surface area (TPSA) is 18.5 Å². The summed E-state index contributed by atoms with van der Waals surface area (Å²) < 4.78 is 11.1. The fourth-order valence-electron chi connectivity index (χ4n) is 3.52. The Balaban J connectivity index is 2.07. The molecule has 0 amide bonds. The lowest BCUT2D eigenvalue weighted by Crippen LogP contribution is -2.07. The van der Waals surface area contributed by atoms with Gasteiger partial charge in [-0.1, -0.05) is 6.08 Å². The van der Waals surface area contributed by atoms with E-state index in [-0.39, 0.29) is 0 Å². The minimum Gasteiger partial charge on any atom is -0.501 e. The quantitative estimate of drug-likeness (QED) is 0.726. The molecule has 3 aliphatic carbocycles. The van der Waals surface area contributed by atoms with Crippen molar-refractivity contribution >= 4 is 0 Å². The van der Waals surface area contributed by atoms with Crippen molar-refractivity contribution in [2.45, 2.75) is 38.2 Å². The van der Waals surface area contributed by atoms with Crippen LogP contribution in [0.1, 0.15) is 32.1 Å². The van der Waals surface area contributed by atoms with Crippen molar-refractivity contribution in [1.82, 2.24) is 0 Å². The van der Waals surface area contributed by atoms with Gasteiger partial charge in [0.25, 0.3) is 0 Å². The number of ether oxygens (including phenoxy) is 2. The molecule has 0 aromatic carbocycles. The second kappa shape index (κ2) is 4.34. The Bertz CT molecular complexity index is 415. The second-order valence-electron chi connectivity index (χ2n) is 5.17. The third kappa shape index (κ3) is 1.75. The van der Waals surface area contributed by atoms with E-state index < -0.39 is 0 Å². The Morgan fingerprint density at radius 2 is 2.18 bits per heavy atom. The maximum Gasteiger partial charge on any atom is 0.0996 e. The van der Waals surface area contributed by atoms with Gasteiger partial charge in [0, 0.05) is 13.5 Å². The van der Waals surface area contributed by atoms with Crippen LogP contribution in [0.2, 0.25) is 0 Å². The van der Waals surface area contributed by atoms with Crippen LogP contribution in [0.3, 0.4) is 0 Å². The van der Waals surface area contributed by atoms with Gasteiger partial charge in [0.15, 0.2) is 0 Å². The molecule has 0 spiro atoms. The first-order chi connectivity index (χ1) is 8.33. The lowest BCUT2D eigenvalue weighted by molar-refractivity contribution is 0.129. The van der Waals surface area contributed by atoms with E-state index in [1.54, 1.807) is 12.7 Å². The highest BCUT2D eigenvalue weighted by Crippen LogP contribution is 2.47. The molecule has 0 heterocycles. The molecular formula is C15H20O2. The van der Waals surface area contributed by atoms with Gasteiger partial charge in [0.05, 0.1) is 19.0 Å². The molecule has 0 bridgehead atoms. The molecule has 2 atom stereocenters. The standard InChI is InChI=1S/C15H20O2/c1-16-12-6-7-13-14(17-2)9-11-5-3-4-10(8-12)15(11)13/h7-8,11,14H,3-6,9H2,1-2H3/t11-,14+/m0/s1. The maximum atomic E-state index is 5.65. The lowest BCUT2D eigenvalue weighted by Gasteiger charge is -2.21. The molecule has 3 rings (SSSR count). The van der Waals surface area contributed by atoms with Crippen molar-refractivity contribution in [1.29, 1.82) is 0 Å². The molecule has 0 unspecified atom stereocenters.